The SMILES string of the molecule is COc1cc(C)c(C)cc1S(=O)(=O)NCCc1ccc(C(C)O)s1. The van der Waals surface area contributed by atoms with E-state index in [1.807, 2.05) is 26.0 Å². The van der Waals surface area contributed by atoms with E-state index in [1.54, 1.807) is 19.1 Å². The van der Waals surface area contributed by atoms with Crippen molar-refractivity contribution in [2.45, 2.75) is 38.2 Å². The van der Waals surface area contributed by atoms with E-state index < -0.39 is 16.1 Å². The number of methoxy groups -OCH3 is 1. The summed E-state index contributed by atoms with van der Waals surface area (Å²) < 4.78 is 32.9. The van der Waals surface area contributed by atoms with Gasteiger partial charge < -0.3 is 9.84 Å². The molecule has 5 nitrogen and oxygen atoms in total. The van der Waals surface area contributed by atoms with Crippen LogP contribution in [-0.2, 0) is 16.4 Å². The fourth-order valence-corrected chi connectivity index (χ4v) is 4.49. The van der Waals surface area contributed by atoms with Crippen LogP contribution in [0, 0.1) is 13.8 Å². The summed E-state index contributed by atoms with van der Waals surface area (Å²) in [7, 11) is -2.18. The Hall–Kier alpha value is -1.41. The van der Waals surface area contributed by atoms with Crippen molar-refractivity contribution in [1.82, 2.24) is 4.72 Å². The Bertz CT molecular complexity index is 810. The lowest BCUT2D eigenvalue weighted by Gasteiger charge is -2.13. The molecule has 0 saturated heterocycles. The van der Waals surface area contributed by atoms with Gasteiger partial charge in [-0.2, -0.15) is 0 Å². The second-order valence-electron chi connectivity index (χ2n) is 5.72. The topological polar surface area (TPSA) is 75.6 Å². The number of hydrogen-bond acceptors (Lipinski definition) is 5. The molecule has 2 rings (SSSR count). The van der Waals surface area contributed by atoms with Gasteiger partial charge in [-0.3, -0.25) is 0 Å². The van der Waals surface area contributed by atoms with E-state index in [4.69, 9.17) is 4.74 Å². The minimum Gasteiger partial charge on any atom is -0.495 e. The van der Waals surface area contributed by atoms with Gasteiger partial charge in [0.2, 0.25) is 10.0 Å². The van der Waals surface area contributed by atoms with Crippen molar-refractivity contribution >= 4 is 21.4 Å². The van der Waals surface area contributed by atoms with E-state index in [9.17, 15) is 13.5 Å². The predicted molar refractivity (Wildman–Crippen MR) is 96.3 cm³/mol. The number of ether oxygens (including phenoxy) is 1. The van der Waals surface area contributed by atoms with Crippen LogP contribution in [0.3, 0.4) is 0 Å². The molecule has 132 valence electrons. The van der Waals surface area contributed by atoms with Crippen molar-refractivity contribution in [1.29, 1.82) is 0 Å². The van der Waals surface area contributed by atoms with Gasteiger partial charge in [-0.05, 0) is 62.6 Å². The Morgan fingerprint density at radius 3 is 2.50 bits per heavy atom. The third-order valence-corrected chi connectivity index (χ3v) is 6.62. The highest BCUT2D eigenvalue weighted by Gasteiger charge is 2.20. The second-order valence-corrected chi connectivity index (χ2v) is 8.65. The van der Waals surface area contributed by atoms with Crippen LogP contribution in [0.15, 0.2) is 29.2 Å². The number of aliphatic hydroxyl groups is 1. The van der Waals surface area contributed by atoms with Crippen molar-refractivity contribution < 1.29 is 18.3 Å². The van der Waals surface area contributed by atoms with Gasteiger partial charge in [0, 0.05) is 16.3 Å². The van der Waals surface area contributed by atoms with Gasteiger partial charge in [0.05, 0.1) is 13.2 Å². The Balaban J connectivity index is 2.10. The number of aryl methyl sites for hydroxylation is 2. The predicted octanol–water partition coefficient (Wildman–Crippen LogP) is 2.95. The molecular formula is C17H23NO4S2. The monoisotopic (exact) mass is 369 g/mol. The molecule has 1 atom stereocenters. The summed E-state index contributed by atoms with van der Waals surface area (Å²) in [5.74, 6) is 0.345. The van der Waals surface area contributed by atoms with E-state index in [2.05, 4.69) is 4.72 Å². The van der Waals surface area contributed by atoms with Gasteiger partial charge in [-0.1, -0.05) is 0 Å². The number of aliphatic hydroxyl groups excluding tert-OH is 1. The summed E-state index contributed by atoms with van der Waals surface area (Å²) in [5, 5.41) is 9.53. The summed E-state index contributed by atoms with van der Waals surface area (Å²) in [5.41, 5.74) is 1.88. The second kappa shape index (κ2) is 7.65. The van der Waals surface area contributed by atoms with Gasteiger partial charge >= 0.3 is 0 Å². The molecule has 7 heteroatoms. The number of nitrogens with one attached hydrogen (secondary N) is 1. The van der Waals surface area contributed by atoms with Crippen LogP contribution >= 0.6 is 11.3 Å². The molecule has 24 heavy (non-hydrogen) atoms. The van der Waals surface area contributed by atoms with Crippen LogP contribution in [-0.4, -0.2) is 27.2 Å². The molecule has 1 aromatic carbocycles. The molecule has 0 bridgehead atoms. The fourth-order valence-electron chi connectivity index (χ4n) is 2.27. The zero-order valence-corrected chi connectivity index (χ0v) is 15.9. The first-order valence-electron chi connectivity index (χ1n) is 7.66. The zero-order valence-electron chi connectivity index (χ0n) is 14.3. The van der Waals surface area contributed by atoms with Crippen LogP contribution in [0.5, 0.6) is 5.75 Å². The van der Waals surface area contributed by atoms with Crippen molar-refractivity contribution in [3.05, 3.63) is 45.1 Å². The Morgan fingerprint density at radius 1 is 1.25 bits per heavy atom. The van der Waals surface area contributed by atoms with Crippen molar-refractivity contribution in [3.8, 4) is 5.75 Å². The van der Waals surface area contributed by atoms with E-state index in [0.717, 1.165) is 20.9 Å². The quantitative estimate of drug-likeness (QED) is 0.787. The first-order chi connectivity index (χ1) is 11.2. The third-order valence-electron chi connectivity index (χ3n) is 3.83. The molecule has 0 amide bonds. The first kappa shape index (κ1) is 18.9. The van der Waals surface area contributed by atoms with Crippen LogP contribution in [0.2, 0.25) is 0 Å². The Kier molecular flexibility index (Phi) is 6.03. The lowest BCUT2D eigenvalue weighted by atomic mass is 10.1. The summed E-state index contributed by atoms with van der Waals surface area (Å²) in [6.45, 7) is 5.79. The largest absolute Gasteiger partial charge is 0.495 e. The Morgan fingerprint density at radius 2 is 1.92 bits per heavy atom. The lowest BCUT2D eigenvalue weighted by molar-refractivity contribution is 0.203. The van der Waals surface area contributed by atoms with Crippen LogP contribution in [0.25, 0.3) is 0 Å². The van der Waals surface area contributed by atoms with E-state index in [-0.39, 0.29) is 11.4 Å². The average molecular weight is 370 g/mol. The molecule has 0 fully saturated rings. The fraction of sp³-hybridized carbons (Fsp3) is 0.412. The summed E-state index contributed by atoms with van der Waals surface area (Å²) in [6, 6.07) is 7.15. The minimum absolute atomic E-state index is 0.156. The standard InChI is InChI=1S/C17H23NO4S2/c1-11-9-15(22-4)17(10-12(11)2)24(20,21)18-8-7-14-5-6-16(23-14)13(3)19/h5-6,9-10,13,18-19H,7-8H2,1-4H3. The maximum atomic E-state index is 12.6. The van der Waals surface area contributed by atoms with Gasteiger partial charge in [0.1, 0.15) is 10.6 Å². The van der Waals surface area contributed by atoms with Crippen molar-refractivity contribution in [2.75, 3.05) is 13.7 Å². The molecular weight excluding hydrogens is 346 g/mol. The zero-order chi connectivity index (χ0) is 17.9. The van der Waals surface area contributed by atoms with Gasteiger partial charge in [-0.25, -0.2) is 13.1 Å². The Labute approximate surface area is 147 Å². The van der Waals surface area contributed by atoms with Crippen LogP contribution < -0.4 is 9.46 Å². The molecule has 1 unspecified atom stereocenters. The smallest absolute Gasteiger partial charge is 0.244 e. The molecule has 1 aromatic heterocycles. The molecule has 0 spiro atoms. The first-order valence-corrected chi connectivity index (χ1v) is 9.96. The summed E-state index contributed by atoms with van der Waals surface area (Å²) in [6.07, 6.45) is 0.0734. The van der Waals surface area contributed by atoms with Crippen molar-refractivity contribution in [2.24, 2.45) is 0 Å². The van der Waals surface area contributed by atoms with Gasteiger partial charge in [-0.15, -0.1) is 11.3 Å². The number of thiophene rings is 1. The molecule has 0 radical (unpaired) electrons. The van der Waals surface area contributed by atoms with Crippen LogP contribution in [0.1, 0.15) is 33.9 Å². The molecule has 0 aliphatic rings. The summed E-state index contributed by atoms with van der Waals surface area (Å²) in [4.78, 5) is 2.06. The van der Waals surface area contributed by atoms with Gasteiger partial charge in [0.15, 0.2) is 0 Å². The number of hydrogen-bond donors (Lipinski definition) is 2. The molecule has 2 aromatic rings. The minimum atomic E-state index is -3.64. The highest BCUT2D eigenvalue weighted by Crippen LogP contribution is 2.27. The molecule has 0 aliphatic carbocycles. The molecule has 1 heterocycles. The number of sulfonamides is 1. The molecule has 0 saturated carbocycles. The normalized spacial score (nSPS) is 13.0. The highest BCUT2D eigenvalue weighted by atomic mass is 32.2. The maximum absolute atomic E-state index is 12.6. The number of benzene rings is 1. The van der Waals surface area contributed by atoms with Crippen LogP contribution in [0.4, 0.5) is 0 Å². The number of rotatable bonds is 7. The third kappa shape index (κ3) is 4.36. The highest BCUT2D eigenvalue weighted by molar-refractivity contribution is 7.89. The van der Waals surface area contributed by atoms with Gasteiger partial charge in [0.25, 0.3) is 0 Å². The summed E-state index contributed by atoms with van der Waals surface area (Å²) >= 11 is 1.49. The van der Waals surface area contributed by atoms with E-state index >= 15 is 0 Å². The molecule has 0 aliphatic heterocycles. The molecule has 2 N–H and O–H groups in total. The lowest BCUT2D eigenvalue weighted by Crippen LogP contribution is -2.26. The van der Waals surface area contributed by atoms with E-state index in [0.29, 0.717) is 12.2 Å². The van der Waals surface area contributed by atoms with E-state index in [1.165, 1.54) is 18.4 Å². The van der Waals surface area contributed by atoms with Crippen molar-refractivity contribution in [3.63, 3.8) is 0 Å². The average Bonchev–Trinajstić information content (AvgIpc) is 2.98. The maximum Gasteiger partial charge on any atom is 0.244 e.